The first-order valence-electron chi connectivity index (χ1n) is 8.36. The van der Waals surface area contributed by atoms with Gasteiger partial charge in [-0.05, 0) is 39.5 Å². The lowest BCUT2D eigenvalue weighted by Gasteiger charge is -2.37. The predicted octanol–water partition coefficient (Wildman–Crippen LogP) is 2.76. The second kappa shape index (κ2) is 7.17. The molecule has 0 N–H and O–H groups in total. The fourth-order valence-electron chi connectivity index (χ4n) is 2.97. The summed E-state index contributed by atoms with van der Waals surface area (Å²) in [6.45, 7) is 6.84. The zero-order valence-electron chi connectivity index (χ0n) is 14.0. The fraction of sp³-hybridized carbons (Fsp3) is 0.778. The molecule has 1 amide bonds. The number of ether oxygens (including phenoxy) is 1. The number of carbonyl (C=O) groups is 2. The van der Waals surface area contributed by atoms with E-state index in [0.29, 0.717) is 25.4 Å². The molecule has 2 aliphatic rings. The van der Waals surface area contributed by atoms with E-state index in [9.17, 15) is 9.59 Å². The van der Waals surface area contributed by atoms with Gasteiger partial charge in [0.2, 0.25) is 0 Å². The quantitative estimate of drug-likeness (QED) is 0.582. The second-order valence-corrected chi connectivity index (χ2v) is 7.47. The Morgan fingerprint density at radius 2 is 1.77 bits per heavy atom. The van der Waals surface area contributed by atoms with Gasteiger partial charge in [0.1, 0.15) is 5.60 Å². The number of nitrogens with zero attached hydrogens (tertiary/aromatic N) is 1. The highest BCUT2D eigenvalue weighted by Crippen LogP contribution is 2.23. The monoisotopic (exact) mass is 305 g/mol. The Hall–Kier alpha value is -1.50. The lowest BCUT2D eigenvalue weighted by molar-refractivity contribution is -0.158. The van der Waals surface area contributed by atoms with Crippen LogP contribution in [-0.4, -0.2) is 35.5 Å². The average Bonchev–Trinajstić information content (AvgIpc) is 2.39. The summed E-state index contributed by atoms with van der Waals surface area (Å²) in [7, 11) is 0. The van der Waals surface area contributed by atoms with Crippen LogP contribution in [0.15, 0.2) is 0 Å². The second-order valence-electron chi connectivity index (χ2n) is 7.47. The molecule has 0 radical (unpaired) electrons. The molecule has 122 valence electrons. The van der Waals surface area contributed by atoms with Crippen molar-refractivity contribution in [2.75, 3.05) is 13.1 Å². The molecule has 0 spiro atoms. The lowest BCUT2D eigenvalue weighted by atomic mass is 9.90. The van der Waals surface area contributed by atoms with Crippen LogP contribution in [0.1, 0.15) is 59.3 Å². The van der Waals surface area contributed by atoms with Crippen molar-refractivity contribution >= 4 is 11.9 Å². The van der Waals surface area contributed by atoms with Gasteiger partial charge in [-0.15, -0.1) is 0 Å². The van der Waals surface area contributed by atoms with Gasteiger partial charge in [-0.1, -0.05) is 25.2 Å². The van der Waals surface area contributed by atoms with Crippen LogP contribution in [-0.2, 0) is 14.3 Å². The Labute approximate surface area is 133 Å². The van der Waals surface area contributed by atoms with Crippen molar-refractivity contribution in [2.24, 2.45) is 11.8 Å². The van der Waals surface area contributed by atoms with Crippen molar-refractivity contribution < 1.29 is 14.3 Å². The van der Waals surface area contributed by atoms with E-state index in [1.54, 1.807) is 4.90 Å². The maximum Gasteiger partial charge on any atom is 0.306 e. The van der Waals surface area contributed by atoms with Gasteiger partial charge in [-0.25, -0.2) is 0 Å². The summed E-state index contributed by atoms with van der Waals surface area (Å²) < 4.78 is 5.30. The van der Waals surface area contributed by atoms with Gasteiger partial charge in [-0.2, -0.15) is 0 Å². The van der Waals surface area contributed by atoms with Crippen molar-refractivity contribution in [3.63, 3.8) is 0 Å². The third-order valence-electron chi connectivity index (χ3n) is 4.11. The van der Waals surface area contributed by atoms with Crippen LogP contribution in [0.25, 0.3) is 0 Å². The summed E-state index contributed by atoms with van der Waals surface area (Å²) in [4.78, 5) is 25.4. The number of rotatable bonds is 2. The molecule has 1 saturated heterocycles. The molecule has 0 aromatic rings. The van der Waals surface area contributed by atoms with E-state index in [1.807, 2.05) is 20.8 Å². The molecule has 0 bridgehead atoms. The predicted molar refractivity (Wildman–Crippen MR) is 84.9 cm³/mol. The van der Waals surface area contributed by atoms with Crippen LogP contribution in [0.4, 0.5) is 0 Å². The molecule has 0 aromatic heterocycles. The fourth-order valence-corrected chi connectivity index (χ4v) is 2.97. The standard InChI is InChI=1S/C18H27NO3/c1-18(2,3)22-17(21)11-15-12-19(13-15)16(20)10-9-14-7-5-4-6-8-14/h14-15H,4-8,11-13H2,1-3H3. The van der Waals surface area contributed by atoms with Gasteiger partial charge in [-0.3, -0.25) is 9.59 Å². The maximum atomic E-state index is 12.0. The third-order valence-corrected chi connectivity index (χ3v) is 4.11. The van der Waals surface area contributed by atoms with Crippen LogP contribution in [0.3, 0.4) is 0 Å². The molecule has 1 saturated carbocycles. The summed E-state index contributed by atoms with van der Waals surface area (Å²) in [5.41, 5.74) is -0.443. The van der Waals surface area contributed by atoms with Gasteiger partial charge in [0.05, 0.1) is 6.42 Å². The number of hydrogen-bond donors (Lipinski definition) is 0. The van der Waals surface area contributed by atoms with E-state index in [2.05, 4.69) is 11.8 Å². The van der Waals surface area contributed by atoms with Gasteiger partial charge in [0, 0.05) is 24.9 Å². The Morgan fingerprint density at radius 1 is 1.14 bits per heavy atom. The molecule has 1 aliphatic carbocycles. The van der Waals surface area contributed by atoms with E-state index in [1.165, 1.54) is 19.3 Å². The highest BCUT2D eigenvalue weighted by molar-refractivity contribution is 5.94. The largest absolute Gasteiger partial charge is 0.460 e. The van der Waals surface area contributed by atoms with E-state index in [-0.39, 0.29) is 17.8 Å². The topological polar surface area (TPSA) is 46.6 Å². The normalized spacial score (nSPS) is 19.9. The molecule has 0 atom stereocenters. The molecule has 1 heterocycles. The van der Waals surface area contributed by atoms with Crippen molar-refractivity contribution in [3.05, 3.63) is 0 Å². The van der Waals surface area contributed by atoms with Gasteiger partial charge in [0.15, 0.2) is 0 Å². The van der Waals surface area contributed by atoms with Crippen LogP contribution < -0.4 is 0 Å². The van der Waals surface area contributed by atoms with E-state index >= 15 is 0 Å². The molecule has 2 fully saturated rings. The molecule has 2 rings (SSSR count). The smallest absolute Gasteiger partial charge is 0.306 e. The van der Waals surface area contributed by atoms with Crippen LogP contribution >= 0.6 is 0 Å². The Bertz CT molecular complexity index is 469. The molecule has 0 aromatic carbocycles. The maximum absolute atomic E-state index is 12.0. The van der Waals surface area contributed by atoms with Crippen LogP contribution in [0.5, 0.6) is 0 Å². The van der Waals surface area contributed by atoms with Crippen LogP contribution in [0, 0.1) is 23.7 Å². The summed E-state index contributed by atoms with van der Waals surface area (Å²) in [5, 5.41) is 0. The van der Waals surface area contributed by atoms with Gasteiger partial charge in [0.25, 0.3) is 5.91 Å². The zero-order valence-corrected chi connectivity index (χ0v) is 14.0. The van der Waals surface area contributed by atoms with Gasteiger partial charge < -0.3 is 9.64 Å². The molecule has 22 heavy (non-hydrogen) atoms. The Kier molecular flexibility index (Phi) is 5.50. The minimum Gasteiger partial charge on any atom is -0.460 e. The van der Waals surface area contributed by atoms with Crippen molar-refractivity contribution in [1.29, 1.82) is 0 Å². The average molecular weight is 305 g/mol. The Morgan fingerprint density at radius 3 is 2.36 bits per heavy atom. The molecule has 4 nitrogen and oxygen atoms in total. The number of hydrogen-bond acceptors (Lipinski definition) is 3. The molecule has 4 heteroatoms. The molecule has 0 unspecified atom stereocenters. The van der Waals surface area contributed by atoms with Gasteiger partial charge >= 0.3 is 5.97 Å². The molecule has 1 aliphatic heterocycles. The first-order chi connectivity index (χ1) is 10.3. The molecular formula is C18H27NO3. The summed E-state index contributed by atoms with van der Waals surface area (Å²) in [5.74, 6) is 6.25. The van der Waals surface area contributed by atoms with Crippen molar-refractivity contribution in [2.45, 2.75) is 64.9 Å². The summed E-state index contributed by atoms with van der Waals surface area (Å²) in [6, 6.07) is 0. The van der Waals surface area contributed by atoms with E-state index < -0.39 is 5.60 Å². The number of amides is 1. The lowest BCUT2D eigenvalue weighted by Crippen LogP contribution is -2.50. The van der Waals surface area contributed by atoms with E-state index in [0.717, 1.165) is 12.8 Å². The number of esters is 1. The summed E-state index contributed by atoms with van der Waals surface area (Å²) >= 11 is 0. The first-order valence-corrected chi connectivity index (χ1v) is 8.36. The SMILES string of the molecule is CC(C)(C)OC(=O)CC1CN(C(=O)C#CC2CCCCC2)C1. The van der Waals surface area contributed by atoms with E-state index in [4.69, 9.17) is 4.74 Å². The van der Waals surface area contributed by atoms with Crippen molar-refractivity contribution in [3.8, 4) is 11.8 Å². The molecular weight excluding hydrogens is 278 g/mol. The number of likely N-dealkylation sites (tertiary alicyclic amines) is 1. The highest BCUT2D eigenvalue weighted by Gasteiger charge is 2.32. The number of carbonyl (C=O) groups excluding carboxylic acids is 2. The highest BCUT2D eigenvalue weighted by atomic mass is 16.6. The first kappa shape index (κ1) is 16.9. The van der Waals surface area contributed by atoms with Crippen LogP contribution in [0.2, 0.25) is 0 Å². The summed E-state index contributed by atoms with van der Waals surface area (Å²) in [6.07, 6.45) is 6.40. The van der Waals surface area contributed by atoms with Crippen molar-refractivity contribution in [1.82, 2.24) is 4.90 Å². The zero-order chi connectivity index (χ0) is 16.2. The minimum absolute atomic E-state index is 0.0917. The Balaban J connectivity index is 1.69. The third kappa shape index (κ3) is 5.36. The minimum atomic E-state index is -0.443.